The Morgan fingerprint density at radius 2 is 1.97 bits per heavy atom. The van der Waals surface area contributed by atoms with Crippen molar-refractivity contribution < 1.29 is 9.84 Å². The molecule has 0 atom stereocenters. The van der Waals surface area contributed by atoms with Gasteiger partial charge >= 0.3 is 5.69 Å². The van der Waals surface area contributed by atoms with E-state index in [1.54, 1.807) is 34.3 Å². The summed E-state index contributed by atoms with van der Waals surface area (Å²) in [5.41, 5.74) is 1.20. The topological polar surface area (TPSA) is 95.7 Å². The van der Waals surface area contributed by atoms with Gasteiger partial charge in [-0.2, -0.15) is 4.98 Å². The molecule has 0 bridgehead atoms. The number of aromatic nitrogens is 5. The highest BCUT2D eigenvalue weighted by molar-refractivity contribution is 6.32. The van der Waals surface area contributed by atoms with Crippen LogP contribution in [0.3, 0.4) is 0 Å². The first-order chi connectivity index (χ1) is 13.9. The van der Waals surface area contributed by atoms with Crippen LogP contribution >= 0.6 is 11.6 Å². The summed E-state index contributed by atoms with van der Waals surface area (Å²) >= 11 is 6.34. The van der Waals surface area contributed by atoms with Crippen molar-refractivity contribution in [3.8, 4) is 17.0 Å². The van der Waals surface area contributed by atoms with Crippen LogP contribution in [0.2, 0.25) is 5.02 Å². The average Bonchev–Trinajstić information content (AvgIpc) is 3.24. The summed E-state index contributed by atoms with van der Waals surface area (Å²) in [7, 11) is 3.00. The largest absolute Gasteiger partial charge is 0.492 e. The van der Waals surface area contributed by atoms with Crippen LogP contribution in [0.1, 0.15) is 6.92 Å². The van der Waals surface area contributed by atoms with Gasteiger partial charge in [-0.1, -0.05) is 11.6 Å². The SMILES string of the molecule is CCOc1ccc(-c2cn3c4c(=O)n(C)c(=O)n(C)c4nc3n2CCO)cc1Cl. The predicted octanol–water partition coefficient (Wildman–Crippen LogP) is 1.40. The molecule has 0 aliphatic carbocycles. The number of aryl methyl sites for hydroxylation is 1. The molecule has 0 saturated carbocycles. The Morgan fingerprint density at radius 1 is 1.21 bits per heavy atom. The zero-order valence-corrected chi connectivity index (χ0v) is 17.0. The smallest absolute Gasteiger partial charge is 0.332 e. The molecule has 152 valence electrons. The molecule has 1 N–H and O–H groups in total. The first kappa shape index (κ1) is 19.3. The van der Waals surface area contributed by atoms with Crippen molar-refractivity contribution in [2.75, 3.05) is 13.2 Å². The van der Waals surface area contributed by atoms with Gasteiger partial charge in [-0.15, -0.1) is 0 Å². The Labute approximate surface area is 170 Å². The summed E-state index contributed by atoms with van der Waals surface area (Å²) in [6.07, 6.45) is 1.76. The molecule has 0 amide bonds. The molecule has 4 rings (SSSR count). The van der Waals surface area contributed by atoms with E-state index in [4.69, 9.17) is 16.3 Å². The number of ether oxygens (including phenoxy) is 1. The molecular weight excluding hydrogens is 398 g/mol. The van der Waals surface area contributed by atoms with E-state index in [0.29, 0.717) is 28.7 Å². The molecule has 0 fully saturated rings. The highest BCUT2D eigenvalue weighted by Crippen LogP contribution is 2.32. The standard InChI is InChI=1S/C19H20ClN5O4/c1-4-29-14-6-5-11(9-12(14)20)13-10-25-15-16(21-18(25)24(13)7-8-26)22(2)19(28)23(3)17(15)27/h5-6,9-10,26H,4,7-8H2,1-3H3. The third-order valence-corrected chi connectivity index (χ3v) is 5.20. The van der Waals surface area contributed by atoms with Gasteiger partial charge in [0.2, 0.25) is 5.78 Å². The van der Waals surface area contributed by atoms with Gasteiger partial charge < -0.3 is 14.4 Å². The number of hydrogen-bond donors (Lipinski definition) is 1. The fraction of sp³-hybridized carbons (Fsp3) is 0.316. The third kappa shape index (κ3) is 2.85. The predicted molar refractivity (Wildman–Crippen MR) is 110 cm³/mol. The lowest BCUT2D eigenvalue weighted by Crippen LogP contribution is -2.37. The first-order valence-electron chi connectivity index (χ1n) is 9.09. The summed E-state index contributed by atoms with van der Waals surface area (Å²) < 4.78 is 11.3. The molecule has 10 heteroatoms. The Balaban J connectivity index is 2.03. The van der Waals surface area contributed by atoms with Crippen molar-refractivity contribution in [1.82, 2.24) is 23.1 Å². The number of aliphatic hydroxyl groups excluding tert-OH is 1. The maximum atomic E-state index is 12.8. The van der Waals surface area contributed by atoms with Crippen LogP contribution < -0.4 is 16.0 Å². The lowest BCUT2D eigenvalue weighted by molar-refractivity contribution is 0.278. The van der Waals surface area contributed by atoms with Crippen LogP contribution in [-0.4, -0.2) is 41.4 Å². The Kier molecular flexibility index (Phi) is 4.71. The molecule has 0 radical (unpaired) electrons. The molecule has 4 aromatic rings. The van der Waals surface area contributed by atoms with Gasteiger partial charge in [-0.25, -0.2) is 4.79 Å². The highest BCUT2D eigenvalue weighted by Gasteiger charge is 2.21. The molecule has 3 aromatic heterocycles. The quantitative estimate of drug-likeness (QED) is 0.529. The van der Waals surface area contributed by atoms with E-state index in [-0.39, 0.29) is 18.8 Å². The molecule has 0 unspecified atom stereocenters. The van der Waals surface area contributed by atoms with Gasteiger partial charge in [0.15, 0.2) is 11.2 Å². The minimum absolute atomic E-state index is 0.123. The molecule has 0 aliphatic heterocycles. The number of aliphatic hydroxyl groups is 1. The molecule has 9 nitrogen and oxygen atoms in total. The Morgan fingerprint density at radius 3 is 2.62 bits per heavy atom. The monoisotopic (exact) mass is 417 g/mol. The number of imidazole rings is 2. The van der Waals surface area contributed by atoms with E-state index in [9.17, 15) is 14.7 Å². The molecule has 1 aromatic carbocycles. The normalized spacial score (nSPS) is 11.6. The second-order valence-corrected chi connectivity index (χ2v) is 7.03. The van der Waals surface area contributed by atoms with E-state index in [0.717, 1.165) is 15.8 Å². The summed E-state index contributed by atoms with van der Waals surface area (Å²) in [6.45, 7) is 2.52. The number of nitrogens with zero attached hydrogens (tertiary/aromatic N) is 5. The third-order valence-electron chi connectivity index (χ3n) is 4.91. The van der Waals surface area contributed by atoms with Crippen molar-refractivity contribution in [1.29, 1.82) is 0 Å². The summed E-state index contributed by atoms with van der Waals surface area (Å²) in [5, 5.41) is 10.0. The van der Waals surface area contributed by atoms with E-state index < -0.39 is 11.2 Å². The van der Waals surface area contributed by atoms with Gasteiger partial charge in [0.05, 0.1) is 23.9 Å². The van der Waals surface area contributed by atoms with Crippen molar-refractivity contribution in [2.24, 2.45) is 14.1 Å². The maximum Gasteiger partial charge on any atom is 0.332 e. The van der Waals surface area contributed by atoms with Crippen LogP contribution in [0, 0.1) is 0 Å². The zero-order chi connectivity index (χ0) is 20.9. The zero-order valence-electron chi connectivity index (χ0n) is 16.2. The van der Waals surface area contributed by atoms with Crippen LogP contribution in [0.15, 0.2) is 34.0 Å². The minimum Gasteiger partial charge on any atom is -0.492 e. The number of hydrogen-bond acceptors (Lipinski definition) is 5. The van der Waals surface area contributed by atoms with Crippen LogP contribution in [0.25, 0.3) is 28.2 Å². The Hall–Kier alpha value is -3.04. The molecule has 29 heavy (non-hydrogen) atoms. The second kappa shape index (κ2) is 7.09. The number of rotatable bonds is 5. The van der Waals surface area contributed by atoms with Crippen LogP contribution in [0.4, 0.5) is 0 Å². The van der Waals surface area contributed by atoms with Gasteiger partial charge in [-0.3, -0.25) is 18.3 Å². The van der Waals surface area contributed by atoms with Crippen molar-refractivity contribution in [2.45, 2.75) is 13.5 Å². The fourth-order valence-corrected chi connectivity index (χ4v) is 3.73. The van der Waals surface area contributed by atoms with Crippen molar-refractivity contribution >= 4 is 28.5 Å². The van der Waals surface area contributed by atoms with E-state index in [1.165, 1.54) is 11.6 Å². The lowest BCUT2D eigenvalue weighted by atomic mass is 10.1. The minimum atomic E-state index is -0.449. The summed E-state index contributed by atoms with van der Waals surface area (Å²) in [5.74, 6) is 1.03. The van der Waals surface area contributed by atoms with Gasteiger partial charge in [-0.05, 0) is 25.1 Å². The fourth-order valence-electron chi connectivity index (χ4n) is 3.50. The highest BCUT2D eigenvalue weighted by atomic mass is 35.5. The molecule has 0 aliphatic rings. The van der Waals surface area contributed by atoms with Gasteiger partial charge in [0.25, 0.3) is 5.56 Å². The number of halogens is 1. The molecule has 0 saturated heterocycles. The molecular formula is C19H20ClN5O4. The summed E-state index contributed by atoms with van der Waals surface area (Å²) in [4.78, 5) is 29.5. The van der Waals surface area contributed by atoms with Crippen molar-refractivity contribution in [3.05, 3.63) is 50.3 Å². The van der Waals surface area contributed by atoms with Crippen LogP contribution in [-0.2, 0) is 20.6 Å². The molecule has 0 spiro atoms. The first-order valence-corrected chi connectivity index (χ1v) is 9.47. The number of benzene rings is 1. The van der Waals surface area contributed by atoms with Gasteiger partial charge in [0.1, 0.15) is 5.75 Å². The van der Waals surface area contributed by atoms with E-state index in [1.807, 2.05) is 13.0 Å². The Bertz CT molecular complexity index is 1360. The van der Waals surface area contributed by atoms with Gasteiger partial charge in [0, 0.05) is 32.4 Å². The maximum absolute atomic E-state index is 12.8. The second-order valence-electron chi connectivity index (χ2n) is 6.63. The number of fused-ring (bicyclic) bond motifs is 3. The van der Waals surface area contributed by atoms with E-state index in [2.05, 4.69) is 4.98 Å². The van der Waals surface area contributed by atoms with Crippen molar-refractivity contribution in [3.63, 3.8) is 0 Å². The summed E-state index contributed by atoms with van der Waals surface area (Å²) in [6, 6.07) is 5.40. The van der Waals surface area contributed by atoms with E-state index >= 15 is 0 Å². The average molecular weight is 418 g/mol. The lowest BCUT2D eigenvalue weighted by Gasteiger charge is -2.10. The molecule has 3 heterocycles. The van der Waals surface area contributed by atoms with Crippen LogP contribution in [0.5, 0.6) is 5.75 Å².